The number of hydrogen-bond acceptors (Lipinski definition) is 4. The van der Waals surface area contributed by atoms with Crippen LogP contribution in [0.1, 0.15) is 51.4 Å². The van der Waals surface area contributed by atoms with Gasteiger partial charge < -0.3 is 4.57 Å². The lowest BCUT2D eigenvalue weighted by atomic mass is 10.0. The number of rotatable bonds is 7. The summed E-state index contributed by atoms with van der Waals surface area (Å²) in [5.74, 6) is 0.758. The van der Waals surface area contributed by atoms with Crippen LogP contribution in [0.3, 0.4) is 0 Å². The van der Waals surface area contributed by atoms with E-state index < -0.39 is 10.0 Å². The minimum absolute atomic E-state index is 0.00829. The molecular weight excluding hydrogens is 314 g/mol. The summed E-state index contributed by atoms with van der Waals surface area (Å²) in [6.07, 6.45) is 4.76. The van der Waals surface area contributed by atoms with Crippen molar-refractivity contribution < 1.29 is 8.42 Å². The first kappa shape index (κ1) is 17.5. The van der Waals surface area contributed by atoms with Gasteiger partial charge in [-0.15, -0.1) is 0 Å². The summed E-state index contributed by atoms with van der Waals surface area (Å²) in [5.41, 5.74) is 1.77. The van der Waals surface area contributed by atoms with E-state index in [-0.39, 0.29) is 11.1 Å². The maximum atomic E-state index is 12.5. The molecule has 0 aliphatic heterocycles. The highest BCUT2D eigenvalue weighted by molar-refractivity contribution is 7.92. The first-order chi connectivity index (χ1) is 10.7. The summed E-state index contributed by atoms with van der Waals surface area (Å²) in [6, 6.07) is 0.204. The second-order valence-electron chi connectivity index (χ2n) is 6.30. The van der Waals surface area contributed by atoms with Gasteiger partial charge in [0.25, 0.3) is 10.0 Å². The first-order valence-electron chi connectivity index (χ1n) is 7.84. The molecule has 2 aromatic heterocycles. The Bertz CT molecular complexity index is 761. The Morgan fingerprint density at radius 2 is 2.04 bits per heavy atom. The molecule has 8 heteroatoms. The van der Waals surface area contributed by atoms with Gasteiger partial charge in [-0.25, -0.2) is 4.98 Å². The molecule has 2 rings (SSSR count). The van der Waals surface area contributed by atoms with Gasteiger partial charge in [-0.05, 0) is 32.6 Å². The number of imidazole rings is 1. The van der Waals surface area contributed by atoms with Crippen LogP contribution in [-0.2, 0) is 16.4 Å². The lowest BCUT2D eigenvalue weighted by Gasteiger charge is -2.09. The smallest absolute Gasteiger partial charge is 0.282 e. The third-order valence-corrected chi connectivity index (χ3v) is 5.09. The largest absolute Gasteiger partial charge is 0.333 e. The fourth-order valence-electron chi connectivity index (χ4n) is 2.28. The van der Waals surface area contributed by atoms with E-state index in [1.165, 1.54) is 0 Å². The average molecular weight is 339 g/mol. The maximum Gasteiger partial charge on any atom is 0.282 e. The molecule has 2 aromatic rings. The fourth-order valence-corrected chi connectivity index (χ4v) is 3.26. The zero-order chi connectivity index (χ0) is 17.2. The van der Waals surface area contributed by atoms with E-state index in [1.54, 1.807) is 17.1 Å². The molecule has 0 saturated heterocycles. The van der Waals surface area contributed by atoms with Crippen LogP contribution in [0.2, 0.25) is 0 Å². The summed E-state index contributed by atoms with van der Waals surface area (Å²) < 4.78 is 29.4. The van der Waals surface area contributed by atoms with Crippen molar-refractivity contribution in [3.05, 3.63) is 23.8 Å². The predicted octanol–water partition coefficient (Wildman–Crippen LogP) is 2.88. The topological polar surface area (TPSA) is 92.7 Å². The van der Waals surface area contributed by atoms with Crippen molar-refractivity contribution in [2.24, 2.45) is 5.92 Å². The number of nitrogens with zero attached hydrogens (tertiary/aromatic N) is 3. The zero-order valence-corrected chi connectivity index (χ0v) is 15.1. The van der Waals surface area contributed by atoms with Gasteiger partial charge in [0.2, 0.25) is 0 Å². The normalized spacial score (nSPS) is 13.5. The molecule has 128 valence electrons. The maximum absolute atomic E-state index is 12.5. The number of sulfonamides is 1. The Morgan fingerprint density at radius 1 is 1.35 bits per heavy atom. The van der Waals surface area contributed by atoms with Crippen LogP contribution in [-0.4, -0.2) is 28.2 Å². The van der Waals surface area contributed by atoms with Crippen LogP contribution < -0.4 is 4.72 Å². The highest BCUT2D eigenvalue weighted by atomic mass is 32.2. The molecule has 0 amide bonds. The third kappa shape index (κ3) is 3.93. The molecule has 7 nitrogen and oxygen atoms in total. The van der Waals surface area contributed by atoms with Gasteiger partial charge in [-0.2, -0.15) is 13.5 Å². The summed E-state index contributed by atoms with van der Waals surface area (Å²) in [6.45, 7) is 10.1. The number of hydrogen-bond donors (Lipinski definition) is 2. The second-order valence-corrected chi connectivity index (χ2v) is 7.92. The standard InChI is InChI=1S/C15H25N5O2S/c1-6-11(4)20-8-14(16-9-20)23(21,22)19-15-13(7-10(2)3)12(5)17-18-15/h8-11H,6-7H2,1-5H3,(H2,17,18,19). The molecule has 1 unspecified atom stereocenters. The number of aromatic amines is 1. The first-order valence-corrected chi connectivity index (χ1v) is 9.33. The lowest BCUT2D eigenvalue weighted by Crippen LogP contribution is -2.15. The quantitative estimate of drug-likeness (QED) is 0.811. The van der Waals surface area contributed by atoms with Crippen LogP contribution in [0, 0.1) is 12.8 Å². The van der Waals surface area contributed by atoms with Crippen LogP contribution >= 0.6 is 0 Å². The Morgan fingerprint density at radius 3 is 2.65 bits per heavy atom. The molecule has 0 aromatic carbocycles. The Labute approximate surface area is 137 Å². The molecule has 0 bridgehead atoms. The van der Waals surface area contributed by atoms with Crippen molar-refractivity contribution in [3.8, 4) is 0 Å². The van der Waals surface area contributed by atoms with Crippen molar-refractivity contribution in [3.63, 3.8) is 0 Å². The van der Waals surface area contributed by atoms with Crippen LogP contribution in [0.5, 0.6) is 0 Å². The number of H-pyrrole nitrogens is 1. The highest BCUT2D eigenvalue weighted by Crippen LogP contribution is 2.23. The molecule has 0 spiro atoms. The van der Waals surface area contributed by atoms with E-state index >= 15 is 0 Å². The van der Waals surface area contributed by atoms with Gasteiger partial charge in [0, 0.05) is 23.5 Å². The molecule has 0 saturated carbocycles. The number of anilines is 1. The fraction of sp³-hybridized carbons (Fsp3) is 0.600. The molecule has 23 heavy (non-hydrogen) atoms. The van der Waals surface area contributed by atoms with E-state index in [0.29, 0.717) is 11.7 Å². The molecule has 0 radical (unpaired) electrons. The molecule has 0 fully saturated rings. The van der Waals surface area contributed by atoms with E-state index in [9.17, 15) is 8.42 Å². The minimum Gasteiger partial charge on any atom is -0.333 e. The SMILES string of the molecule is CCC(C)n1cnc(S(=O)(=O)Nc2n[nH]c(C)c2CC(C)C)c1. The summed E-state index contributed by atoms with van der Waals surface area (Å²) in [4.78, 5) is 4.02. The van der Waals surface area contributed by atoms with Crippen molar-refractivity contribution in [2.45, 2.75) is 58.5 Å². The molecule has 1 atom stereocenters. The van der Waals surface area contributed by atoms with E-state index in [0.717, 1.165) is 24.1 Å². The highest BCUT2D eigenvalue weighted by Gasteiger charge is 2.22. The predicted molar refractivity (Wildman–Crippen MR) is 89.9 cm³/mol. The van der Waals surface area contributed by atoms with Gasteiger partial charge >= 0.3 is 0 Å². The van der Waals surface area contributed by atoms with Gasteiger partial charge in [0.15, 0.2) is 10.8 Å². The molecule has 2 N–H and O–H groups in total. The molecule has 0 aliphatic carbocycles. The lowest BCUT2D eigenvalue weighted by molar-refractivity contribution is 0.529. The monoisotopic (exact) mass is 339 g/mol. The molecule has 0 aliphatic rings. The van der Waals surface area contributed by atoms with Crippen molar-refractivity contribution in [1.29, 1.82) is 0 Å². The third-order valence-electron chi connectivity index (χ3n) is 3.87. The van der Waals surface area contributed by atoms with Gasteiger partial charge in [-0.3, -0.25) is 9.82 Å². The van der Waals surface area contributed by atoms with E-state index in [2.05, 4.69) is 33.8 Å². The Kier molecular flexibility index (Phi) is 5.13. The van der Waals surface area contributed by atoms with Gasteiger partial charge in [0.05, 0.1) is 6.33 Å². The summed E-state index contributed by atoms with van der Waals surface area (Å²) in [7, 11) is -3.74. The summed E-state index contributed by atoms with van der Waals surface area (Å²) >= 11 is 0. The van der Waals surface area contributed by atoms with Crippen molar-refractivity contribution >= 4 is 15.8 Å². The van der Waals surface area contributed by atoms with E-state index in [1.807, 2.05) is 20.8 Å². The van der Waals surface area contributed by atoms with Gasteiger partial charge in [-0.1, -0.05) is 20.8 Å². The van der Waals surface area contributed by atoms with Crippen LogP contribution in [0.4, 0.5) is 5.82 Å². The van der Waals surface area contributed by atoms with Crippen LogP contribution in [0.15, 0.2) is 17.6 Å². The zero-order valence-electron chi connectivity index (χ0n) is 14.3. The van der Waals surface area contributed by atoms with Crippen LogP contribution in [0.25, 0.3) is 0 Å². The van der Waals surface area contributed by atoms with E-state index in [4.69, 9.17) is 0 Å². The minimum atomic E-state index is -3.74. The van der Waals surface area contributed by atoms with Crippen molar-refractivity contribution in [1.82, 2.24) is 19.7 Å². The van der Waals surface area contributed by atoms with Gasteiger partial charge in [0.1, 0.15) is 0 Å². The number of aromatic nitrogens is 4. The molecular formula is C15H25N5O2S. The van der Waals surface area contributed by atoms with Crippen molar-refractivity contribution in [2.75, 3.05) is 4.72 Å². The Balaban J connectivity index is 2.27. The average Bonchev–Trinajstić information content (AvgIpc) is 3.08. The Hall–Kier alpha value is -1.83. The second kappa shape index (κ2) is 6.74. The number of nitrogens with one attached hydrogen (secondary N) is 2. The molecule has 2 heterocycles. The summed E-state index contributed by atoms with van der Waals surface area (Å²) in [5, 5.41) is 6.94. The number of aryl methyl sites for hydroxylation is 1.